The smallest absolute Gasteiger partial charge is 0.115 e. The molecule has 0 saturated heterocycles. The van der Waals surface area contributed by atoms with Gasteiger partial charge < -0.3 is 0 Å². The van der Waals surface area contributed by atoms with Crippen molar-refractivity contribution < 1.29 is 0 Å². The summed E-state index contributed by atoms with van der Waals surface area (Å²) in [5.41, 5.74) is 0. The van der Waals surface area contributed by atoms with E-state index in [4.69, 9.17) is 197 Å². The van der Waals surface area contributed by atoms with Crippen LogP contribution in [0.15, 0.2) is 0 Å². The molecule has 17 heteroatoms. The van der Waals surface area contributed by atoms with Crippen molar-refractivity contribution in [1.29, 1.82) is 0 Å². The maximum absolute atomic E-state index is 6.21. The van der Waals surface area contributed by atoms with Gasteiger partial charge in [0.25, 0.3) is 0 Å². The van der Waals surface area contributed by atoms with Gasteiger partial charge in [-0.3, -0.25) is 0 Å². The lowest BCUT2D eigenvalue weighted by Crippen LogP contribution is -2.70. The fourth-order valence-electron chi connectivity index (χ4n) is 1.31. The Bertz CT molecular complexity index is 460. The second-order valence-corrected chi connectivity index (χ2v) is 16.3. The fourth-order valence-corrected chi connectivity index (χ4v) is 7.53. The van der Waals surface area contributed by atoms with Crippen molar-refractivity contribution in [2.45, 2.75) is 34.6 Å². The first-order valence-electron chi connectivity index (χ1n) is 5.07. The molecular formula is C8HCl17. The Labute approximate surface area is 228 Å². The standard InChI is InChI=1S/C8HCl17/c9-1(3(12,13)14)2(10,11)5(16,17)6(18,19)4(15,7(20,21)22)8(23,24)25/h1H. The molecule has 0 radical (unpaired) electrons. The van der Waals surface area contributed by atoms with E-state index in [2.05, 4.69) is 0 Å². The van der Waals surface area contributed by atoms with Gasteiger partial charge in [-0.05, 0) is 0 Å². The minimum Gasteiger partial charge on any atom is -0.115 e. The van der Waals surface area contributed by atoms with Gasteiger partial charge in [-0.2, -0.15) is 0 Å². The lowest BCUT2D eigenvalue weighted by atomic mass is 9.99. The quantitative estimate of drug-likeness (QED) is 0.256. The third-order valence-electron chi connectivity index (χ3n) is 2.63. The Balaban J connectivity index is 6.64. The van der Waals surface area contributed by atoms with Crippen LogP contribution in [0.3, 0.4) is 0 Å². The van der Waals surface area contributed by atoms with E-state index in [1.165, 1.54) is 0 Å². The second-order valence-electron chi connectivity index (χ2n) is 4.33. The average Bonchev–Trinajstić information content (AvgIpc) is 2.32. The summed E-state index contributed by atoms with van der Waals surface area (Å²) in [7, 11) is 0. The van der Waals surface area contributed by atoms with Crippen LogP contribution in [0, 0.1) is 0 Å². The van der Waals surface area contributed by atoms with Crippen LogP contribution >= 0.6 is 197 Å². The minimum atomic E-state index is -2.92. The van der Waals surface area contributed by atoms with Crippen LogP contribution in [0.2, 0.25) is 0 Å². The molecule has 0 aromatic heterocycles. The van der Waals surface area contributed by atoms with Gasteiger partial charge in [0, 0.05) is 0 Å². The Hall–Kier alpha value is 4.93. The van der Waals surface area contributed by atoms with Crippen molar-refractivity contribution in [2.75, 3.05) is 0 Å². The zero-order chi connectivity index (χ0) is 21.1. The molecular weight excluding hydrogens is 699 g/mol. The molecule has 0 nitrogen and oxygen atoms in total. The van der Waals surface area contributed by atoms with E-state index in [1.807, 2.05) is 0 Å². The van der Waals surface area contributed by atoms with Gasteiger partial charge >= 0.3 is 0 Å². The molecule has 0 fully saturated rings. The van der Waals surface area contributed by atoms with Crippen molar-refractivity contribution in [3.05, 3.63) is 0 Å². The third kappa shape index (κ3) is 5.47. The average molecular weight is 700 g/mol. The van der Waals surface area contributed by atoms with Gasteiger partial charge in [-0.15, -0.1) is 23.2 Å². The highest BCUT2D eigenvalue weighted by molar-refractivity contribution is 6.82. The highest BCUT2D eigenvalue weighted by Crippen LogP contribution is 2.71. The van der Waals surface area contributed by atoms with Crippen molar-refractivity contribution in [3.63, 3.8) is 0 Å². The van der Waals surface area contributed by atoms with Crippen LogP contribution in [0.1, 0.15) is 0 Å². The molecule has 0 spiro atoms. The maximum atomic E-state index is 6.21. The van der Waals surface area contributed by atoms with Gasteiger partial charge in [0.1, 0.15) is 5.38 Å². The summed E-state index contributed by atoms with van der Waals surface area (Å²) in [4.78, 5) is -2.85. The summed E-state index contributed by atoms with van der Waals surface area (Å²) in [6.45, 7) is 0. The van der Waals surface area contributed by atoms with E-state index < -0.39 is 34.6 Å². The van der Waals surface area contributed by atoms with E-state index in [0.717, 1.165) is 0 Å². The van der Waals surface area contributed by atoms with Crippen LogP contribution in [-0.4, -0.2) is 34.6 Å². The third-order valence-corrected chi connectivity index (χ3v) is 11.9. The first kappa shape index (κ1) is 29.9. The molecule has 25 heavy (non-hydrogen) atoms. The Morgan fingerprint density at radius 3 is 0.920 bits per heavy atom. The highest BCUT2D eigenvalue weighted by Gasteiger charge is 2.80. The van der Waals surface area contributed by atoms with Crippen LogP contribution in [0.25, 0.3) is 0 Å². The summed E-state index contributed by atoms with van der Waals surface area (Å²) < 4.78 is -16.1. The topological polar surface area (TPSA) is 0 Å². The largest absolute Gasteiger partial charge is 0.216 e. The Kier molecular flexibility index (Phi) is 10.8. The van der Waals surface area contributed by atoms with Gasteiger partial charge in [-0.1, -0.05) is 174 Å². The predicted octanol–water partition coefficient (Wildman–Crippen LogP) is 10.2. The normalized spacial score (nSPS) is 17.6. The monoisotopic (exact) mass is 691 g/mol. The van der Waals surface area contributed by atoms with Crippen molar-refractivity contribution in [2.24, 2.45) is 0 Å². The summed E-state index contributed by atoms with van der Waals surface area (Å²) in [5.74, 6) is 0. The van der Waals surface area contributed by atoms with E-state index >= 15 is 0 Å². The Morgan fingerprint density at radius 2 is 0.720 bits per heavy atom. The Morgan fingerprint density at radius 1 is 0.440 bits per heavy atom. The van der Waals surface area contributed by atoms with Gasteiger partial charge in [-0.25, -0.2) is 0 Å². The second kappa shape index (κ2) is 9.05. The van der Waals surface area contributed by atoms with E-state index in [-0.39, 0.29) is 0 Å². The lowest BCUT2D eigenvalue weighted by Gasteiger charge is -2.54. The van der Waals surface area contributed by atoms with Gasteiger partial charge in [0.15, 0.2) is 17.9 Å². The van der Waals surface area contributed by atoms with E-state index in [0.29, 0.717) is 0 Å². The number of rotatable bonds is 4. The summed E-state index contributed by atoms with van der Waals surface area (Å²) in [6, 6.07) is 0. The molecule has 1 atom stereocenters. The first-order chi connectivity index (χ1) is 10.4. The van der Waals surface area contributed by atoms with E-state index in [9.17, 15) is 0 Å². The molecule has 0 heterocycles. The lowest BCUT2D eigenvalue weighted by molar-refractivity contribution is 0.440. The van der Waals surface area contributed by atoms with Crippen molar-refractivity contribution in [1.82, 2.24) is 0 Å². The van der Waals surface area contributed by atoms with Crippen LogP contribution in [0.4, 0.5) is 0 Å². The maximum Gasteiger partial charge on any atom is 0.216 e. The summed E-state index contributed by atoms with van der Waals surface area (Å²) >= 11 is 101. The SMILES string of the molecule is ClC(C(Cl)(Cl)Cl)C(Cl)(Cl)C(Cl)(Cl)C(Cl)(Cl)C(Cl)(C(Cl)(Cl)Cl)C(Cl)(Cl)Cl. The first-order valence-corrected chi connectivity index (χ1v) is 11.6. The molecule has 0 aliphatic rings. The molecule has 0 aromatic carbocycles. The molecule has 0 aromatic rings. The molecule has 0 N–H and O–H groups in total. The molecule has 0 rings (SSSR count). The van der Waals surface area contributed by atoms with Crippen LogP contribution < -0.4 is 0 Å². The van der Waals surface area contributed by atoms with Crippen LogP contribution in [-0.2, 0) is 0 Å². The molecule has 0 amide bonds. The zero-order valence-electron chi connectivity index (χ0n) is 10.5. The summed E-state index contributed by atoms with van der Waals surface area (Å²) in [6.07, 6.45) is 0. The van der Waals surface area contributed by atoms with Crippen molar-refractivity contribution in [3.8, 4) is 0 Å². The predicted molar refractivity (Wildman–Crippen MR) is 122 cm³/mol. The van der Waals surface area contributed by atoms with E-state index in [1.54, 1.807) is 0 Å². The molecule has 0 saturated carbocycles. The number of halogens is 17. The molecule has 152 valence electrons. The number of hydrogen-bond acceptors (Lipinski definition) is 0. The molecule has 0 aliphatic carbocycles. The summed E-state index contributed by atoms with van der Waals surface area (Å²) in [5, 5.41) is -1.83. The zero-order valence-corrected chi connectivity index (χ0v) is 23.4. The minimum absolute atomic E-state index is 1.83. The molecule has 0 aliphatic heterocycles. The highest BCUT2D eigenvalue weighted by atomic mass is 35.6. The molecule has 1 unspecified atom stereocenters. The number of alkyl halides is 17. The molecule has 0 bridgehead atoms. The van der Waals surface area contributed by atoms with Gasteiger partial charge in [0.05, 0.1) is 0 Å². The number of hydrogen-bond donors (Lipinski definition) is 0. The van der Waals surface area contributed by atoms with Gasteiger partial charge in [0.2, 0.25) is 11.4 Å². The van der Waals surface area contributed by atoms with Crippen molar-refractivity contribution >= 4 is 197 Å². The van der Waals surface area contributed by atoms with Crippen LogP contribution in [0.5, 0.6) is 0 Å². The fraction of sp³-hybridized carbons (Fsp3) is 1.00.